The number of hydrogen-bond donors (Lipinski definition) is 2. The lowest BCUT2D eigenvalue weighted by Gasteiger charge is -2.11. The normalized spacial score (nSPS) is 9.94. The van der Waals surface area contributed by atoms with Gasteiger partial charge in [0, 0.05) is 13.6 Å². The van der Waals surface area contributed by atoms with Crippen molar-refractivity contribution in [1.29, 1.82) is 0 Å². The lowest BCUT2D eigenvalue weighted by Crippen LogP contribution is -2.20. The Labute approximate surface area is 107 Å². The Morgan fingerprint density at radius 3 is 2.67 bits per heavy atom. The van der Waals surface area contributed by atoms with E-state index < -0.39 is 0 Å². The van der Waals surface area contributed by atoms with Crippen molar-refractivity contribution in [2.75, 3.05) is 27.8 Å². The van der Waals surface area contributed by atoms with E-state index in [2.05, 4.69) is 10.6 Å². The number of rotatable bonds is 7. The number of carbonyl (C=O) groups is 1. The first-order valence-corrected chi connectivity index (χ1v) is 5.86. The van der Waals surface area contributed by atoms with Crippen LogP contribution in [0.4, 0.5) is 0 Å². The van der Waals surface area contributed by atoms with Crippen LogP contribution in [0.3, 0.4) is 0 Å². The summed E-state index contributed by atoms with van der Waals surface area (Å²) < 4.78 is 10.8. The third-order valence-corrected chi connectivity index (χ3v) is 2.47. The summed E-state index contributed by atoms with van der Waals surface area (Å²) in [4.78, 5) is 11.1. The van der Waals surface area contributed by atoms with E-state index in [9.17, 15) is 4.79 Å². The molecular formula is C13H20N2O3. The van der Waals surface area contributed by atoms with Gasteiger partial charge in [0.2, 0.25) is 5.91 Å². The molecule has 0 unspecified atom stereocenters. The second kappa shape index (κ2) is 7.55. The number of carbonyl (C=O) groups excluding carboxylic acids is 1. The van der Waals surface area contributed by atoms with Crippen molar-refractivity contribution in [2.24, 2.45) is 0 Å². The summed E-state index contributed by atoms with van der Waals surface area (Å²) in [5, 5.41) is 5.62. The second-order valence-corrected chi connectivity index (χ2v) is 3.79. The Hall–Kier alpha value is -1.75. The zero-order valence-corrected chi connectivity index (χ0v) is 11.1. The van der Waals surface area contributed by atoms with E-state index in [0.29, 0.717) is 24.5 Å². The van der Waals surface area contributed by atoms with Crippen molar-refractivity contribution in [1.82, 2.24) is 10.6 Å². The van der Waals surface area contributed by atoms with Gasteiger partial charge in [-0.2, -0.15) is 0 Å². The predicted octanol–water partition coefficient (Wildman–Crippen LogP) is 0.929. The minimum atomic E-state index is -0.0410. The Balaban J connectivity index is 2.61. The molecule has 2 N–H and O–H groups in total. The molecule has 0 bridgehead atoms. The summed E-state index contributed by atoms with van der Waals surface area (Å²) in [6.07, 6.45) is 0.331. The first-order valence-electron chi connectivity index (χ1n) is 5.86. The number of ether oxygens (including phenoxy) is 2. The Morgan fingerprint density at radius 1 is 1.28 bits per heavy atom. The van der Waals surface area contributed by atoms with Gasteiger partial charge in [0.1, 0.15) is 0 Å². The maximum absolute atomic E-state index is 11.1. The van der Waals surface area contributed by atoms with Crippen LogP contribution in [0.5, 0.6) is 11.5 Å². The van der Waals surface area contributed by atoms with E-state index in [1.165, 1.54) is 0 Å². The van der Waals surface area contributed by atoms with Gasteiger partial charge >= 0.3 is 0 Å². The molecule has 0 fully saturated rings. The van der Waals surface area contributed by atoms with Crippen LogP contribution in [-0.2, 0) is 11.3 Å². The van der Waals surface area contributed by atoms with Crippen molar-refractivity contribution in [3.63, 3.8) is 0 Å². The molecule has 1 aromatic rings. The fraction of sp³-hybridized carbons (Fsp3) is 0.462. The van der Waals surface area contributed by atoms with Crippen LogP contribution in [0.2, 0.25) is 0 Å². The largest absolute Gasteiger partial charge is 0.493 e. The average molecular weight is 252 g/mol. The molecule has 5 heteroatoms. The fourth-order valence-corrected chi connectivity index (χ4v) is 1.52. The zero-order chi connectivity index (χ0) is 13.4. The summed E-state index contributed by atoms with van der Waals surface area (Å²) in [6.45, 7) is 1.11. The molecule has 0 radical (unpaired) electrons. The first kappa shape index (κ1) is 14.3. The van der Waals surface area contributed by atoms with Gasteiger partial charge in [-0.1, -0.05) is 6.07 Å². The predicted molar refractivity (Wildman–Crippen MR) is 69.9 cm³/mol. The minimum absolute atomic E-state index is 0.0410. The Kier molecular flexibility index (Phi) is 6.00. The number of nitrogens with one attached hydrogen (secondary N) is 2. The summed E-state index contributed by atoms with van der Waals surface area (Å²) >= 11 is 0. The lowest BCUT2D eigenvalue weighted by molar-refractivity contribution is -0.121. The van der Waals surface area contributed by atoms with Gasteiger partial charge in [0.05, 0.1) is 20.1 Å². The van der Waals surface area contributed by atoms with Crippen molar-refractivity contribution in [2.45, 2.75) is 13.0 Å². The van der Waals surface area contributed by atoms with E-state index in [1.54, 1.807) is 14.2 Å². The first-order chi connectivity index (χ1) is 8.71. The smallest absolute Gasteiger partial charge is 0.223 e. The molecule has 0 aliphatic rings. The van der Waals surface area contributed by atoms with Crippen molar-refractivity contribution >= 4 is 5.91 Å². The standard InChI is InChI=1S/C13H20N2O3/c1-14-9-10-4-5-11(12(8-10)17-3)18-7-6-13(16)15-2/h4-5,8,14H,6-7,9H2,1-3H3,(H,15,16). The van der Waals surface area contributed by atoms with Crippen molar-refractivity contribution < 1.29 is 14.3 Å². The second-order valence-electron chi connectivity index (χ2n) is 3.79. The molecule has 0 heterocycles. The zero-order valence-electron chi connectivity index (χ0n) is 11.1. The third kappa shape index (κ3) is 4.25. The van der Waals surface area contributed by atoms with Gasteiger partial charge in [0.15, 0.2) is 11.5 Å². The molecule has 0 spiro atoms. The van der Waals surface area contributed by atoms with Gasteiger partial charge in [-0.3, -0.25) is 4.79 Å². The van der Waals surface area contributed by atoms with E-state index in [1.807, 2.05) is 25.2 Å². The van der Waals surface area contributed by atoms with E-state index in [-0.39, 0.29) is 5.91 Å². The van der Waals surface area contributed by atoms with Crippen molar-refractivity contribution in [3.8, 4) is 11.5 Å². The topological polar surface area (TPSA) is 59.6 Å². The Morgan fingerprint density at radius 2 is 2.06 bits per heavy atom. The summed E-state index contributed by atoms with van der Waals surface area (Å²) in [5.74, 6) is 1.29. The van der Waals surface area contributed by atoms with Crippen LogP contribution in [-0.4, -0.2) is 33.7 Å². The van der Waals surface area contributed by atoms with Gasteiger partial charge in [-0.25, -0.2) is 0 Å². The maximum atomic E-state index is 11.1. The molecule has 0 atom stereocenters. The molecular weight excluding hydrogens is 232 g/mol. The molecule has 0 aliphatic heterocycles. The minimum Gasteiger partial charge on any atom is -0.493 e. The number of benzene rings is 1. The molecule has 0 saturated heterocycles. The molecule has 0 aromatic heterocycles. The summed E-state index contributed by atoms with van der Waals surface area (Å²) in [6, 6.07) is 5.75. The lowest BCUT2D eigenvalue weighted by atomic mass is 10.2. The number of methoxy groups -OCH3 is 1. The molecule has 1 rings (SSSR count). The van der Waals surface area contributed by atoms with Gasteiger partial charge in [0.25, 0.3) is 0 Å². The molecule has 0 aliphatic carbocycles. The highest BCUT2D eigenvalue weighted by Crippen LogP contribution is 2.28. The average Bonchev–Trinajstić information content (AvgIpc) is 2.40. The van der Waals surface area contributed by atoms with Crippen molar-refractivity contribution in [3.05, 3.63) is 23.8 Å². The molecule has 100 valence electrons. The van der Waals surface area contributed by atoms with E-state index in [0.717, 1.165) is 12.1 Å². The van der Waals surface area contributed by atoms with Crippen LogP contribution >= 0.6 is 0 Å². The summed E-state index contributed by atoms with van der Waals surface area (Å²) in [5.41, 5.74) is 1.12. The highest BCUT2D eigenvalue weighted by molar-refractivity contribution is 5.75. The molecule has 18 heavy (non-hydrogen) atoms. The van der Waals surface area contributed by atoms with E-state index in [4.69, 9.17) is 9.47 Å². The maximum Gasteiger partial charge on any atom is 0.223 e. The highest BCUT2D eigenvalue weighted by atomic mass is 16.5. The van der Waals surface area contributed by atoms with E-state index >= 15 is 0 Å². The van der Waals surface area contributed by atoms with Crippen LogP contribution in [0, 0.1) is 0 Å². The monoisotopic (exact) mass is 252 g/mol. The molecule has 1 aromatic carbocycles. The highest BCUT2D eigenvalue weighted by Gasteiger charge is 2.06. The molecule has 0 saturated carbocycles. The Bertz CT molecular complexity index is 394. The van der Waals surface area contributed by atoms with Gasteiger partial charge in [-0.15, -0.1) is 0 Å². The number of amides is 1. The van der Waals surface area contributed by atoms with Crippen LogP contribution in [0.1, 0.15) is 12.0 Å². The van der Waals surface area contributed by atoms with Crippen LogP contribution in [0.25, 0.3) is 0 Å². The van der Waals surface area contributed by atoms with Gasteiger partial charge < -0.3 is 20.1 Å². The SMILES string of the molecule is CNCc1ccc(OCCC(=O)NC)c(OC)c1. The summed E-state index contributed by atoms with van der Waals surface area (Å²) in [7, 11) is 5.10. The number of hydrogen-bond acceptors (Lipinski definition) is 4. The van der Waals surface area contributed by atoms with Crippen LogP contribution < -0.4 is 20.1 Å². The molecule has 1 amide bonds. The fourth-order valence-electron chi connectivity index (χ4n) is 1.52. The molecule has 5 nitrogen and oxygen atoms in total. The van der Waals surface area contributed by atoms with Crippen LogP contribution in [0.15, 0.2) is 18.2 Å². The van der Waals surface area contributed by atoms with Gasteiger partial charge in [-0.05, 0) is 24.7 Å². The quantitative estimate of drug-likeness (QED) is 0.758. The third-order valence-electron chi connectivity index (χ3n) is 2.47.